The summed E-state index contributed by atoms with van der Waals surface area (Å²) in [5, 5.41) is 8.23. The van der Waals surface area contributed by atoms with E-state index in [1.807, 2.05) is 0 Å². The fraction of sp³-hybridized carbons (Fsp3) is 0.440. The lowest BCUT2D eigenvalue weighted by molar-refractivity contribution is -0.139. The Morgan fingerprint density at radius 2 is 2.14 bits per heavy atom. The van der Waals surface area contributed by atoms with Crippen LogP contribution in [0.3, 0.4) is 0 Å². The molecule has 1 amide bonds. The molecule has 3 atom stereocenters. The number of rotatable bonds is 6. The fourth-order valence-corrected chi connectivity index (χ4v) is 4.88. The zero-order chi connectivity index (χ0) is 26.7. The van der Waals surface area contributed by atoms with Crippen LogP contribution in [-0.2, 0) is 19.0 Å². The van der Waals surface area contributed by atoms with Gasteiger partial charge in [0.25, 0.3) is 0 Å². The number of carbonyl (C=O) groups excluding carboxylic acids is 2. The lowest BCUT2D eigenvalue weighted by atomic mass is 9.92. The Bertz CT molecular complexity index is 1230. The van der Waals surface area contributed by atoms with E-state index in [-0.39, 0.29) is 29.9 Å². The van der Waals surface area contributed by atoms with Crippen molar-refractivity contribution in [1.82, 2.24) is 15.6 Å². The molecular weight excluding hydrogens is 523 g/mol. The Balaban J connectivity index is 1.73. The molecule has 0 radical (unpaired) electrons. The van der Waals surface area contributed by atoms with Crippen LogP contribution in [0.25, 0.3) is 0 Å². The number of alkyl carbamates (subject to hydrolysis) is 1. The summed E-state index contributed by atoms with van der Waals surface area (Å²) >= 11 is 7.69. The predicted molar refractivity (Wildman–Crippen MR) is 137 cm³/mol. The van der Waals surface area contributed by atoms with E-state index < -0.39 is 35.6 Å². The van der Waals surface area contributed by atoms with Crippen LogP contribution in [0.1, 0.15) is 50.7 Å². The van der Waals surface area contributed by atoms with Crippen molar-refractivity contribution in [2.45, 2.75) is 57.9 Å². The van der Waals surface area contributed by atoms with Crippen molar-refractivity contribution in [1.29, 1.82) is 0 Å². The van der Waals surface area contributed by atoms with E-state index in [9.17, 15) is 14.0 Å². The SMILES string of the molecule is CCOC(=O)C1=C([C@H]2C[C@@H](NC(=O)OC(C)(C)C)CO2)NC(c2nccs2)=NC1c1cccc(F)c1Cl. The van der Waals surface area contributed by atoms with Gasteiger partial charge in [-0.05, 0) is 33.8 Å². The van der Waals surface area contributed by atoms with E-state index in [1.54, 1.807) is 45.3 Å². The molecule has 0 spiro atoms. The molecule has 2 aliphatic rings. The highest BCUT2D eigenvalue weighted by atomic mass is 35.5. The molecule has 2 aliphatic heterocycles. The minimum absolute atomic E-state index is 0.122. The number of amidine groups is 1. The number of esters is 1. The van der Waals surface area contributed by atoms with E-state index in [1.165, 1.54) is 23.5 Å². The molecule has 1 fully saturated rings. The molecule has 1 aromatic heterocycles. The number of aliphatic imine (C=N–C) groups is 1. The van der Waals surface area contributed by atoms with E-state index in [2.05, 4.69) is 15.6 Å². The number of halogens is 2. The number of nitrogens with one attached hydrogen (secondary N) is 2. The highest BCUT2D eigenvalue weighted by molar-refractivity contribution is 7.11. The maximum absolute atomic E-state index is 14.5. The number of hydrogen-bond acceptors (Lipinski definition) is 9. The summed E-state index contributed by atoms with van der Waals surface area (Å²) in [6.45, 7) is 7.34. The van der Waals surface area contributed by atoms with Crippen molar-refractivity contribution in [3.63, 3.8) is 0 Å². The van der Waals surface area contributed by atoms with Gasteiger partial charge in [-0.2, -0.15) is 0 Å². The molecule has 3 heterocycles. The summed E-state index contributed by atoms with van der Waals surface area (Å²) in [5.74, 6) is -0.882. The number of benzene rings is 1. The van der Waals surface area contributed by atoms with Crippen LogP contribution in [0.5, 0.6) is 0 Å². The first-order chi connectivity index (χ1) is 17.6. The second-order valence-electron chi connectivity index (χ2n) is 9.43. The molecule has 2 N–H and O–H groups in total. The van der Waals surface area contributed by atoms with E-state index in [0.29, 0.717) is 28.5 Å². The lowest BCUT2D eigenvalue weighted by Crippen LogP contribution is -2.41. The van der Waals surface area contributed by atoms with Gasteiger partial charge in [0.15, 0.2) is 10.8 Å². The van der Waals surface area contributed by atoms with Crippen LogP contribution in [0.2, 0.25) is 5.02 Å². The molecule has 198 valence electrons. The van der Waals surface area contributed by atoms with Gasteiger partial charge < -0.3 is 24.8 Å². The van der Waals surface area contributed by atoms with E-state index in [4.69, 9.17) is 30.8 Å². The quantitative estimate of drug-likeness (QED) is 0.508. The molecule has 9 nitrogen and oxygen atoms in total. The number of nitrogens with zero attached hydrogens (tertiary/aromatic N) is 2. The average molecular weight is 551 g/mol. The zero-order valence-corrected chi connectivity index (χ0v) is 22.4. The smallest absolute Gasteiger partial charge is 0.407 e. The average Bonchev–Trinajstić information content (AvgIpc) is 3.51. The van der Waals surface area contributed by atoms with Gasteiger partial charge in [0.05, 0.1) is 35.5 Å². The number of amides is 1. The third kappa shape index (κ3) is 6.28. The van der Waals surface area contributed by atoms with Gasteiger partial charge in [0.1, 0.15) is 23.6 Å². The van der Waals surface area contributed by atoms with Crippen molar-refractivity contribution < 1.29 is 28.2 Å². The van der Waals surface area contributed by atoms with E-state index in [0.717, 1.165) is 0 Å². The minimum atomic E-state index is -0.973. The molecule has 2 aromatic rings. The summed E-state index contributed by atoms with van der Waals surface area (Å²) in [4.78, 5) is 34.6. The van der Waals surface area contributed by atoms with Crippen LogP contribution < -0.4 is 10.6 Å². The number of hydrogen-bond donors (Lipinski definition) is 2. The summed E-state index contributed by atoms with van der Waals surface area (Å²) in [6.07, 6.45) is 0.789. The molecule has 0 saturated carbocycles. The second-order valence-corrected chi connectivity index (χ2v) is 10.7. The largest absolute Gasteiger partial charge is 0.463 e. The number of ether oxygens (including phenoxy) is 3. The molecule has 1 unspecified atom stereocenters. The molecule has 0 aliphatic carbocycles. The standard InChI is InChI=1S/C25H28ClFN4O5S/c1-5-34-23(32)17-19(14-7-6-8-15(27)18(14)26)30-21(22-28-9-10-37-22)31-20(17)16-11-13(12-35-16)29-24(33)36-25(2,3)4/h6-10,13,16,19H,5,11-12H2,1-4H3,(H,29,33)(H,30,31)/t13-,16-,19?/m1/s1. The zero-order valence-electron chi connectivity index (χ0n) is 20.8. The van der Waals surface area contributed by atoms with Crippen LogP contribution in [0.15, 0.2) is 46.0 Å². The van der Waals surface area contributed by atoms with Gasteiger partial charge in [0.2, 0.25) is 0 Å². The van der Waals surface area contributed by atoms with Crippen LogP contribution in [0, 0.1) is 5.82 Å². The predicted octanol–water partition coefficient (Wildman–Crippen LogP) is 4.53. The summed E-state index contributed by atoms with van der Waals surface area (Å²) in [6, 6.07) is 3.02. The van der Waals surface area contributed by atoms with Gasteiger partial charge in [-0.3, -0.25) is 4.99 Å². The van der Waals surface area contributed by atoms with Crippen LogP contribution >= 0.6 is 22.9 Å². The molecule has 4 rings (SSSR count). The Hall–Kier alpha value is -3.02. The third-order valence-corrected chi connectivity index (χ3v) is 6.70. The monoisotopic (exact) mass is 550 g/mol. The Kier molecular flexibility index (Phi) is 8.15. The fourth-order valence-electron chi connectivity index (χ4n) is 4.06. The first-order valence-corrected chi connectivity index (χ1v) is 13.0. The molecule has 37 heavy (non-hydrogen) atoms. The molecule has 0 bridgehead atoms. The highest BCUT2D eigenvalue weighted by Gasteiger charge is 2.40. The Labute approximate surface area is 223 Å². The summed E-state index contributed by atoms with van der Waals surface area (Å²) < 4.78 is 31.2. The van der Waals surface area contributed by atoms with Crippen molar-refractivity contribution in [2.75, 3.05) is 13.2 Å². The normalized spacial score (nSPS) is 21.8. The Morgan fingerprint density at radius 1 is 1.35 bits per heavy atom. The lowest BCUT2D eigenvalue weighted by Gasteiger charge is -2.30. The van der Waals surface area contributed by atoms with Gasteiger partial charge in [0, 0.05) is 23.6 Å². The van der Waals surface area contributed by atoms with Crippen molar-refractivity contribution in [2.24, 2.45) is 4.99 Å². The topological polar surface area (TPSA) is 111 Å². The van der Waals surface area contributed by atoms with Gasteiger partial charge in [-0.15, -0.1) is 11.3 Å². The van der Waals surface area contributed by atoms with Crippen LogP contribution in [-0.4, -0.2) is 53.8 Å². The first-order valence-electron chi connectivity index (χ1n) is 11.8. The summed E-state index contributed by atoms with van der Waals surface area (Å²) in [7, 11) is 0. The maximum atomic E-state index is 14.5. The Morgan fingerprint density at radius 3 is 2.81 bits per heavy atom. The number of carbonyl (C=O) groups is 2. The number of aromatic nitrogens is 1. The van der Waals surface area contributed by atoms with Crippen molar-refractivity contribution >= 4 is 40.8 Å². The van der Waals surface area contributed by atoms with Gasteiger partial charge in [-0.25, -0.2) is 19.0 Å². The highest BCUT2D eigenvalue weighted by Crippen LogP contribution is 2.39. The van der Waals surface area contributed by atoms with Gasteiger partial charge in [-0.1, -0.05) is 23.7 Å². The molecule has 12 heteroatoms. The maximum Gasteiger partial charge on any atom is 0.407 e. The molecule has 1 saturated heterocycles. The van der Waals surface area contributed by atoms with Gasteiger partial charge >= 0.3 is 12.1 Å². The van der Waals surface area contributed by atoms with Crippen LogP contribution in [0.4, 0.5) is 9.18 Å². The van der Waals surface area contributed by atoms with E-state index >= 15 is 0 Å². The minimum Gasteiger partial charge on any atom is -0.463 e. The van der Waals surface area contributed by atoms with Crippen molar-refractivity contribution in [3.8, 4) is 0 Å². The molecular formula is C25H28ClFN4O5S. The second kappa shape index (κ2) is 11.2. The number of thiazole rings is 1. The first kappa shape index (κ1) is 27.0. The molecule has 1 aromatic carbocycles. The third-order valence-electron chi connectivity index (χ3n) is 5.52. The summed E-state index contributed by atoms with van der Waals surface area (Å²) in [5.41, 5.74) is 0.207. The van der Waals surface area contributed by atoms with Crippen molar-refractivity contribution in [3.05, 3.63) is 62.5 Å².